The van der Waals surface area contributed by atoms with Crippen molar-refractivity contribution in [3.8, 4) is 11.1 Å². The zero-order valence-electron chi connectivity index (χ0n) is 19.3. The third kappa shape index (κ3) is 4.71. The smallest absolute Gasteiger partial charge is 0.356 e. The van der Waals surface area contributed by atoms with E-state index in [0.717, 1.165) is 0 Å². The van der Waals surface area contributed by atoms with Gasteiger partial charge in [0.1, 0.15) is 5.69 Å². The maximum atomic E-state index is 13.4. The van der Waals surface area contributed by atoms with E-state index in [1.807, 2.05) is 30.3 Å². The van der Waals surface area contributed by atoms with Gasteiger partial charge in [0.2, 0.25) is 0 Å². The number of aromatic carboxylic acids is 1. The van der Waals surface area contributed by atoms with Gasteiger partial charge in [-0.3, -0.25) is 9.59 Å². The second-order valence-electron chi connectivity index (χ2n) is 8.04. The van der Waals surface area contributed by atoms with Crippen LogP contribution in [0, 0.1) is 0 Å². The SMILES string of the molecule is CC(OC(=O)c1c(-c2ccccc2)c2ccccc2c(=O)n1C)C(=O)Nc1cc(C(=O)O)ccc1Cl. The number of pyridine rings is 1. The highest BCUT2D eigenvalue weighted by atomic mass is 35.5. The fourth-order valence-corrected chi connectivity index (χ4v) is 4.02. The van der Waals surface area contributed by atoms with Gasteiger partial charge in [0.15, 0.2) is 6.10 Å². The van der Waals surface area contributed by atoms with E-state index in [1.54, 1.807) is 24.3 Å². The predicted molar refractivity (Wildman–Crippen MR) is 137 cm³/mol. The first-order valence-electron chi connectivity index (χ1n) is 10.9. The summed E-state index contributed by atoms with van der Waals surface area (Å²) >= 11 is 6.08. The first-order valence-corrected chi connectivity index (χ1v) is 11.3. The van der Waals surface area contributed by atoms with E-state index in [0.29, 0.717) is 21.9 Å². The Morgan fingerprint density at radius 2 is 1.61 bits per heavy atom. The van der Waals surface area contributed by atoms with E-state index in [-0.39, 0.29) is 27.5 Å². The molecule has 4 aromatic rings. The lowest BCUT2D eigenvalue weighted by Crippen LogP contribution is -2.33. The Morgan fingerprint density at radius 3 is 2.28 bits per heavy atom. The van der Waals surface area contributed by atoms with E-state index in [2.05, 4.69) is 5.32 Å². The van der Waals surface area contributed by atoms with Gasteiger partial charge in [-0.2, -0.15) is 0 Å². The van der Waals surface area contributed by atoms with E-state index in [9.17, 15) is 24.3 Å². The molecule has 0 spiro atoms. The van der Waals surface area contributed by atoms with Gasteiger partial charge in [0, 0.05) is 18.0 Å². The zero-order chi connectivity index (χ0) is 26.0. The molecule has 1 heterocycles. The number of carboxylic acids is 1. The maximum Gasteiger partial charge on any atom is 0.356 e. The number of halogens is 1. The van der Waals surface area contributed by atoms with Gasteiger partial charge < -0.3 is 19.7 Å². The lowest BCUT2D eigenvalue weighted by molar-refractivity contribution is -0.123. The highest BCUT2D eigenvalue weighted by molar-refractivity contribution is 6.34. The Labute approximate surface area is 210 Å². The number of carboxylic acid groups (broad SMARTS) is 1. The van der Waals surface area contributed by atoms with Crippen molar-refractivity contribution in [2.45, 2.75) is 13.0 Å². The van der Waals surface area contributed by atoms with Crippen LogP contribution in [0.1, 0.15) is 27.8 Å². The van der Waals surface area contributed by atoms with Gasteiger partial charge in [0.05, 0.1) is 16.3 Å². The summed E-state index contributed by atoms with van der Waals surface area (Å²) in [5.74, 6) is -2.78. The number of anilines is 1. The number of hydrogen-bond acceptors (Lipinski definition) is 5. The molecule has 0 radical (unpaired) electrons. The molecule has 36 heavy (non-hydrogen) atoms. The molecule has 4 rings (SSSR count). The molecule has 1 unspecified atom stereocenters. The van der Waals surface area contributed by atoms with Gasteiger partial charge >= 0.3 is 11.9 Å². The normalized spacial score (nSPS) is 11.6. The van der Waals surface area contributed by atoms with Crippen LogP contribution < -0.4 is 10.9 Å². The molecule has 0 saturated carbocycles. The second kappa shape index (κ2) is 10.1. The summed E-state index contributed by atoms with van der Waals surface area (Å²) in [6, 6.07) is 19.9. The van der Waals surface area contributed by atoms with Crippen LogP contribution in [0.5, 0.6) is 0 Å². The topological polar surface area (TPSA) is 115 Å². The number of esters is 1. The minimum absolute atomic E-state index is 0.00421. The molecular formula is C27H21ClN2O6. The molecule has 2 N–H and O–H groups in total. The average Bonchev–Trinajstić information content (AvgIpc) is 2.87. The van der Waals surface area contributed by atoms with Crippen molar-refractivity contribution in [3.05, 3.63) is 99.4 Å². The van der Waals surface area contributed by atoms with Crippen molar-refractivity contribution >= 4 is 45.9 Å². The lowest BCUT2D eigenvalue weighted by Gasteiger charge is -2.19. The first kappa shape index (κ1) is 24.7. The molecule has 1 amide bonds. The molecule has 182 valence electrons. The van der Waals surface area contributed by atoms with Gasteiger partial charge in [-0.25, -0.2) is 9.59 Å². The summed E-state index contributed by atoms with van der Waals surface area (Å²) in [5, 5.41) is 12.8. The quantitative estimate of drug-likeness (QED) is 0.366. The molecule has 3 aromatic carbocycles. The summed E-state index contributed by atoms with van der Waals surface area (Å²) < 4.78 is 6.68. The molecule has 0 saturated heterocycles. The molecule has 0 aliphatic carbocycles. The van der Waals surface area contributed by atoms with E-state index >= 15 is 0 Å². The van der Waals surface area contributed by atoms with Crippen molar-refractivity contribution < 1.29 is 24.2 Å². The van der Waals surface area contributed by atoms with E-state index < -0.39 is 23.9 Å². The van der Waals surface area contributed by atoms with Crippen LogP contribution in [0.15, 0.2) is 77.6 Å². The van der Waals surface area contributed by atoms with Gasteiger partial charge in [-0.15, -0.1) is 0 Å². The molecule has 1 aromatic heterocycles. The van der Waals surface area contributed by atoms with Crippen LogP contribution >= 0.6 is 11.6 Å². The molecule has 0 bridgehead atoms. The average molecular weight is 505 g/mol. The Balaban J connectivity index is 1.70. The number of hydrogen-bond donors (Lipinski definition) is 2. The number of fused-ring (bicyclic) bond motifs is 1. The number of nitrogens with one attached hydrogen (secondary N) is 1. The van der Waals surface area contributed by atoms with Crippen molar-refractivity contribution in [3.63, 3.8) is 0 Å². The van der Waals surface area contributed by atoms with Crippen LogP contribution in [0.2, 0.25) is 5.02 Å². The minimum Gasteiger partial charge on any atom is -0.478 e. The number of rotatable bonds is 6. The van der Waals surface area contributed by atoms with Crippen LogP contribution in [0.4, 0.5) is 5.69 Å². The molecule has 9 heteroatoms. The molecule has 0 aliphatic rings. The summed E-state index contributed by atoms with van der Waals surface area (Å²) in [6.45, 7) is 1.36. The van der Waals surface area contributed by atoms with Crippen molar-refractivity contribution in [2.75, 3.05) is 5.32 Å². The van der Waals surface area contributed by atoms with Crippen LogP contribution in [-0.4, -0.2) is 33.6 Å². The van der Waals surface area contributed by atoms with Crippen molar-refractivity contribution in [1.82, 2.24) is 4.57 Å². The minimum atomic E-state index is -1.28. The highest BCUT2D eigenvalue weighted by Gasteiger charge is 2.26. The largest absolute Gasteiger partial charge is 0.478 e. The molecule has 8 nitrogen and oxygen atoms in total. The van der Waals surface area contributed by atoms with E-state index in [4.69, 9.17) is 16.3 Å². The fraction of sp³-hybridized carbons (Fsp3) is 0.111. The third-order valence-corrected chi connectivity index (χ3v) is 6.01. The Hall–Kier alpha value is -4.43. The van der Waals surface area contributed by atoms with Crippen LogP contribution in [-0.2, 0) is 16.6 Å². The molecule has 0 aliphatic heterocycles. The standard InChI is InChI=1S/C27H21ClN2O6/c1-15(24(31)29-21-14-17(26(33)34)12-13-20(21)28)36-27(35)23-22(16-8-4-3-5-9-16)18-10-6-7-11-19(18)25(32)30(23)2/h3-15H,1-2H3,(H,29,31)(H,33,34). The Bertz CT molecular complexity index is 1560. The van der Waals surface area contributed by atoms with E-state index in [1.165, 1.54) is 36.7 Å². The van der Waals surface area contributed by atoms with Crippen LogP contribution in [0.25, 0.3) is 21.9 Å². The number of carbonyl (C=O) groups excluding carboxylic acids is 2. The molecular weight excluding hydrogens is 484 g/mol. The zero-order valence-corrected chi connectivity index (χ0v) is 20.1. The number of amides is 1. The molecule has 1 atom stereocenters. The number of aromatic nitrogens is 1. The van der Waals surface area contributed by atoms with Crippen molar-refractivity contribution in [1.29, 1.82) is 0 Å². The number of ether oxygens (including phenoxy) is 1. The summed E-state index contributed by atoms with van der Waals surface area (Å²) in [5.41, 5.74) is 0.807. The monoisotopic (exact) mass is 504 g/mol. The summed E-state index contributed by atoms with van der Waals surface area (Å²) in [4.78, 5) is 50.4. The number of carbonyl (C=O) groups is 3. The maximum absolute atomic E-state index is 13.4. The third-order valence-electron chi connectivity index (χ3n) is 5.68. The summed E-state index contributed by atoms with van der Waals surface area (Å²) in [6.07, 6.45) is -1.28. The first-order chi connectivity index (χ1) is 17.2. The fourth-order valence-electron chi connectivity index (χ4n) is 3.86. The highest BCUT2D eigenvalue weighted by Crippen LogP contribution is 2.31. The van der Waals surface area contributed by atoms with Gasteiger partial charge in [0.25, 0.3) is 11.5 Å². The van der Waals surface area contributed by atoms with Crippen LogP contribution in [0.3, 0.4) is 0 Å². The lowest BCUT2D eigenvalue weighted by atomic mass is 9.97. The Kier molecular flexibility index (Phi) is 6.89. The number of benzene rings is 3. The second-order valence-corrected chi connectivity index (χ2v) is 8.44. The number of nitrogens with zero attached hydrogens (tertiary/aromatic N) is 1. The van der Waals surface area contributed by atoms with Gasteiger partial charge in [-0.05, 0) is 42.1 Å². The predicted octanol–water partition coefficient (Wildman–Crippen LogP) is 4.74. The van der Waals surface area contributed by atoms with Gasteiger partial charge in [-0.1, -0.05) is 60.1 Å². The Morgan fingerprint density at radius 1 is 0.972 bits per heavy atom. The molecule has 0 fully saturated rings. The van der Waals surface area contributed by atoms with Crippen molar-refractivity contribution in [2.24, 2.45) is 7.05 Å². The summed E-state index contributed by atoms with van der Waals surface area (Å²) in [7, 11) is 1.47.